The molecule has 4 aromatic rings. The van der Waals surface area contributed by atoms with Crippen LogP contribution in [0, 0.1) is 25.5 Å². The molecule has 2 heterocycles. The van der Waals surface area contributed by atoms with E-state index < -0.39 is 29.3 Å². The number of rotatable bonds is 7. The third kappa shape index (κ3) is 5.20. The molecule has 0 aliphatic rings. The fourth-order valence-electron chi connectivity index (χ4n) is 4.48. The van der Waals surface area contributed by atoms with Crippen molar-refractivity contribution < 1.29 is 28.2 Å². The first kappa shape index (κ1) is 26.3. The highest BCUT2D eigenvalue weighted by Crippen LogP contribution is 2.40. The lowest BCUT2D eigenvalue weighted by molar-refractivity contribution is -0.160. The average molecular weight is 509 g/mol. The molecule has 0 aliphatic carbocycles. The fourth-order valence-corrected chi connectivity index (χ4v) is 4.48. The molecule has 1 N–H and O–H groups in total. The molecule has 0 radical (unpaired) electrons. The third-order valence-corrected chi connectivity index (χ3v) is 6.14. The molecule has 0 amide bonds. The number of hydrogen-bond donors (Lipinski definition) is 1. The highest BCUT2D eigenvalue weighted by molar-refractivity contribution is 5.97. The van der Waals surface area contributed by atoms with Crippen LogP contribution in [0.4, 0.5) is 8.78 Å². The first-order valence-electron chi connectivity index (χ1n) is 11.9. The number of carboxylic acids is 1. The van der Waals surface area contributed by atoms with Crippen molar-refractivity contribution >= 4 is 17.0 Å². The minimum atomic E-state index is -1.27. The smallest absolute Gasteiger partial charge is 0.337 e. The molecular weight excluding hydrogens is 478 g/mol. The molecule has 1 atom stereocenters. The summed E-state index contributed by atoms with van der Waals surface area (Å²) in [5.74, 6) is -2.86. The topological polar surface area (TPSA) is 73.6 Å². The standard InChI is InChI=1S/C29H30F2N2O4/c1-16-7-9-18(10-8-16)24-19-13-14-33(15-20-22(36-6)12-11-21(30)25(20)31)27(19)32-17(2)23(24)26(28(34)35)37-29(3,4)5/h7-14,26H,15H2,1-6H3,(H,34,35). The summed E-state index contributed by atoms with van der Waals surface area (Å²) in [6, 6.07) is 12.0. The van der Waals surface area contributed by atoms with Crippen molar-refractivity contribution in [3.05, 3.63) is 82.7 Å². The number of pyridine rings is 1. The monoisotopic (exact) mass is 508 g/mol. The molecule has 6 nitrogen and oxygen atoms in total. The van der Waals surface area contributed by atoms with Crippen LogP contribution in [0.2, 0.25) is 0 Å². The summed E-state index contributed by atoms with van der Waals surface area (Å²) in [7, 11) is 1.40. The van der Waals surface area contributed by atoms with Gasteiger partial charge in [-0.2, -0.15) is 0 Å². The maximum atomic E-state index is 14.7. The van der Waals surface area contributed by atoms with Gasteiger partial charge in [0.1, 0.15) is 11.4 Å². The third-order valence-electron chi connectivity index (χ3n) is 6.14. The number of ether oxygens (including phenoxy) is 2. The molecule has 194 valence electrons. The largest absolute Gasteiger partial charge is 0.496 e. The van der Waals surface area contributed by atoms with Crippen molar-refractivity contribution in [1.29, 1.82) is 0 Å². The van der Waals surface area contributed by atoms with Crippen LogP contribution in [0.5, 0.6) is 5.75 Å². The number of hydrogen-bond acceptors (Lipinski definition) is 4. The van der Waals surface area contributed by atoms with Crippen molar-refractivity contribution in [3.63, 3.8) is 0 Å². The van der Waals surface area contributed by atoms with Crippen molar-refractivity contribution in [2.24, 2.45) is 0 Å². The Morgan fingerprint density at radius 2 is 1.76 bits per heavy atom. The number of halogens is 2. The van der Waals surface area contributed by atoms with E-state index in [9.17, 15) is 18.7 Å². The van der Waals surface area contributed by atoms with Gasteiger partial charge in [-0.3, -0.25) is 0 Å². The van der Waals surface area contributed by atoms with E-state index in [1.807, 2.05) is 31.2 Å². The first-order valence-corrected chi connectivity index (χ1v) is 11.9. The van der Waals surface area contributed by atoms with Crippen LogP contribution in [0.15, 0.2) is 48.7 Å². The van der Waals surface area contributed by atoms with E-state index in [-0.39, 0.29) is 17.9 Å². The zero-order chi connectivity index (χ0) is 27.1. The van der Waals surface area contributed by atoms with Crippen LogP contribution in [-0.2, 0) is 16.1 Å². The molecule has 0 fully saturated rings. The molecule has 4 rings (SSSR count). The Bertz CT molecular complexity index is 1470. The summed E-state index contributed by atoms with van der Waals surface area (Å²) in [5.41, 5.74) is 3.27. The Balaban J connectivity index is 1.99. The van der Waals surface area contributed by atoms with Crippen LogP contribution >= 0.6 is 0 Å². The first-order chi connectivity index (χ1) is 17.4. The van der Waals surface area contributed by atoms with Crippen LogP contribution in [-0.4, -0.2) is 33.3 Å². The number of aryl methyl sites for hydroxylation is 2. The molecule has 2 aromatic carbocycles. The Hall–Kier alpha value is -3.78. The quantitative estimate of drug-likeness (QED) is 0.305. The van der Waals surface area contributed by atoms with Crippen LogP contribution in [0.3, 0.4) is 0 Å². The van der Waals surface area contributed by atoms with Crippen LogP contribution in [0.1, 0.15) is 49.3 Å². The number of carbonyl (C=O) groups is 1. The highest BCUT2D eigenvalue weighted by Gasteiger charge is 2.32. The van der Waals surface area contributed by atoms with E-state index in [4.69, 9.17) is 14.5 Å². The summed E-state index contributed by atoms with van der Waals surface area (Å²) in [6.07, 6.45) is 0.459. The van der Waals surface area contributed by atoms with Crippen molar-refractivity contribution in [3.8, 4) is 16.9 Å². The van der Waals surface area contributed by atoms with Crippen LogP contribution < -0.4 is 4.74 Å². The second-order valence-electron chi connectivity index (χ2n) is 10.0. The average Bonchev–Trinajstić information content (AvgIpc) is 3.22. The minimum Gasteiger partial charge on any atom is -0.496 e. The second-order valence-corrected chi connectivity index (χ2v) is 10.0. The normalized spacial score (nSPS) is 12.6. The lowest BCUT2D eigenvalue weighted by atomic mass is 9.92. The summed E-state index contributed by atoms with van der Waals surface area (Å²) in [4.78, 5) is 17.2. The molecule has 8 heteroatoms. The van der Waals surface area contributed by atoms with Crippen molar-refractivity contribution in [1.82, 2.24) is 9.55 Å². The number of fused-ring (bicyclic) bond motifs is 1. The van der Waals surface area contributed by atoms with Gasteiger partial charge in [-0.15, -0.1) is 0 Å². The maximum absolute atomic E-state index is 14.7. The van der Waals surface area contributed by atoms with Gasteiger partial charge in [0.15, 0.2) is 17.7 Å². The molecule has 0 spiro atoms. The number of aliphatic carboxylic acids is 1. The lowest BCUT2D eigenvalue weighted by Crippen LogP contribution is -2.28. The Labute approximate surface area is 214 Å². The molecule has 0 bridgehead atoms. The van der Waals surface area contributed by atoms with Gasteiger partial charge in [-0.05, 0) is 58.4 Å². The van der Waals surface area contributed by atoms with Gasteiger partial charge in [0.05, 0.1) is 24.8 Å². The van der Waals surface area contributed by atoms with Gasteiger partial charge in [-0.1, -0.05) is 29.8 Å². The fraction of sp³-hybridized carbons (Fsp3) is 0.310. The second kappa shape index (κ2) is 9.94. The van der Waals surface area contributed by atoms with Gasteiger partial charge >= 0.3 is 5.97 Å². The van der Waals surface area contributed by atoms with Gasteiger partial charge in [0.2, 0.25) is 0 Å². The summed E-state index contributed by atoms with van der Waals surface area (Å²) < 4.78 is 41.8. The van der Waals surface area contributed by atoms with Gasteiger partial charge in [-0.25, -0.2) is 18.6 Å². The molecule has 0 saturated carbocycles. The van der Waals surface area contributed by atoms with Gasteiger partial charge in [0, 0.05) is 28.4 Å². The lowest BCUT2D eigenvalue weighted by Gasteiger charge is -2.28. The summed E-state index contributed by atoms with van der Waals surface area (Å²) >= 11 is 0. The Morgan fingerprint density at radius 1 is 1.08 bits per heavy atom. The highest BCUT2D eigenvalue weighted by atomic mass is 19.2. The Morgan fingerprint density at radius 3 is 2.35 bits per heavy atom. The van der Waals surface area contributed by atoms with E-state index in [2.05, 4.69) is 0 Å². The predicted octanol–water partition coefficient (Wildman–Crippen LogP) is 6.60. The number of aromatic nitrogens is 2. The van der Waals surface area contributed by atoms with Crippen LogP contribution in [0.25, 0.3) is 22.2 Å². The van der Waals surface area contributed by atoms with Gasteiger partial charge in [0.25, 0.3) is 0 Å². The molecule has 0 aliphatic heterocycles. The molecular formula is C29H30F2N2O4. The van der Waals surface area contributed by atoms with Gasteiger partial charge < -0.3 is 19.1 Å². The zero-order valence-corrected chi connectivity index (χ0v) is 21.7. The predicted molar refractivity (Wildman–Crippen MR) is 138 cm³/mol. The Kier molecular flexibility index (Phi) is 7.06. The number of carboxylic acid groups (broad SMARTS) is 1. The van der Waals surface area contributed by atoms with E-state index in [1.54, 1.807) is 44.5 Å². The molecule has 1 unspecified atom stereocenters. The minimum absolute atomic E-state index is 0.0315. The molecule has 37 heavy (non-hydrogen) atoms. The SMILES string of the molecule is COc1ccc(F)c(F)c1Cn1ccc2c(-c3ccc(C)cc3)c(C(OC(C)(C)C)C(=O)O)c(C)nc21. The van der Waals surface area contributed by atoms with E-state index in [0.717, 1.165) is 17.2 Å². The number of methoxy groups -OCH3 is 1. The van der Waals surface area contributed by atoms with Crippen molar-refractivity contribution in [2.75, 3.05) is 7.11 Å². The van der Waals surface area contributed by atoms with Crippen molar-refractivity contribution in [2.45, 2.75) is 52.9 Å². The summed E-state index contributed by atoms with van der Waals surface area (Å²) in [5, 5.41) is 10.8. The maximum Gasteiger partial charge on any atom is 0.337 e. The van der Waals surface area contributed by atoms with E-state index in [0.29, 0.717) is 27.9 Å². The number of benzene rings is 2. The zero-order valence-electron chi connectivity index (χ0n) is 21.7. The van der Waals surface area contributed by atoms with E-state index >= 15 is 0 Å². The molecule has 2 aromatic heterocycles. The number of nitrogens with zero attached hydrogens (tertiary/aromatic N) is 2. The summed E-state index contributed by atoms with van der Waals surface area (Å²) in [6.45, 7) is 9.07. The molecule has 0 saturated heterocycles. The van der Waals surface area contributed by atoms with E-state index in [1.165, 1.54) is 13.2 Å².